The fourth-order valence-electron chi connectivity index (χ4n) is 3.25. The second-order valence-electron chi connectivity index (χ2n) is 6.16. The first-order valence-corrected chi connectivity index (χ1v) is 7.74. The molecule has 3 N–H and O–H groups in total. The third kappa shape index (κ3) is 3.38. The lowest BCUT2D eigenvalue weighted by Crippen LogP contribution is -2.63. The fraction of sp³-hybridized carbons (Fsp3) is 0.529. The Labute approximate surface area is 136 Å². The molecule has 0 aromatic heterocycles. The zero-order valence-electron chi connectivity index (χ0n) is 14.0. The summed E-state index contributed by atoms with van der Waals surface area (Å²) in [6.45, 7) is 8.55. The van der Waals surface area contributed by atoms with E-state index in [2.05, 4.69) is 22.8 Å². The highest BCUT2D eigenvalue weighted by Gasteiger charge is 2.49. The van der Waals surface area contributed by atoms with Gasteiger partial charge in [-0.1, -0.05) is 17.7 Å². The lowest BCUT2D eigenvalue weighted by molar-refractivity contribution is -0.176. The van der Waals surface area contributed by atoms with Crippen molar-refractivity contribution in [3.63, 3.8) is 0 Å². The molecule has 1 aliphatic heterocycles. The first-order valence-electron chi connectivity index (χ1n) is 7.74. The van der Waals surface area contributed by atoms with Crippen LogP contribution in [0.1, 0.15) is 35.2 Å². The zero-order chi connectivity index (χ0) is 17.2. The summed E-state index contributed by atoms with van der Waals surface area (Å²) in [7, 11) is 0. The van der Waals surface area contributed by atoms with Crippen LogP contribution in [0.15, 0.2) is 12.1 Å². The highest BCUT2D eigenvalue weighted by atomic mass is 16.5. The maximum Gasteiger partial charge on any atom is 0.347 e. The van der Waals surface area contributed by atoms with Crippen molar-refractivity contribution in [2.24, 2.45) is 0 Å². The van der Waals surface area contributed by atoms with Crippen molar-refractivity contribution >= 4 is 11.9 Å². The van der Waals surface area contributed by atoms with Crippen molar-refractivity contribution in [1.82, 2.24) is 10.6 Å². The number of nitrogens with one attached hydrogen (secondary N) is 2. The number of benzene rings is 1. The smallest absolute Gasteiger partial charge is 0.347 e. The second-order valence-corrected chi connectivity index (χ2v) is 6.16. The van der Waals surface area contributed by atoms with Gasteiger partial charge in [-0.2, -0.15) is 0 Å². The Hall–Kier alpha value is -1.92. The molecule has 6 nitrogen and oxygen atoms in total. The van der Waals surface area contributed by atoms with Gasteiger partial charge in [0.15, 0.2) is 0 Å². The van der Waals surface area contributed by atoms with Crippen molar-refractivity contribution in [2.45, 2.75) is 39.3 Å². The monoisotopic (exact) mass is 320 g/mol. The van der Waals surface area contributed by atoms with Crippen LogP contribution in [0.3, 0.4) is 0 Å². The van der Waals surface area contributed by atoms with Gasteiger partial charge in [0.25, 0.3) is 11.5 Å². The summed E-state index contributed by atoms with van der Waals surface area (Å²) < 4.78 is 5.33. The molecule has 1 aromatic carbocycles. The van der Waals surface area contributed by atoms with E-state index in [-0.39, 0.29) is 19.2 Å². The molecule has 23 heavy (non-hydrogen) atoms. The second kappa shape index (κ2) is 6.68. The molecule has 6 heteroatoms. The number of hydrogen-bond donors (Lipinski definition) is 3. The van der Waals surface area contributed by atoms with E-state index < -0.39 is 17.5 Å². The summed E-state index contributed by atoms with van der Waals surface area (Å²) in [5.74, 6) is -1.89. The van der Waals surface area contributed by atoms with Crippen LogP contribution in [0.25, 0.3) is 0 Å². The van der Waals surface area contributed by atoms with Crippen LogP contribution in [0.4, 0.5) is 0 Å². The van der Waals surface area contributed by atoms with Gasteiger partial charge >= 0.3 is 5.97 Å². The number of morpholine rings is 1. The lowest BCUT2D eigenvalue weighted by Gasteiger charge is -2.33. The largest absolute Gasteiger partial charge is 0.479 e. The van der Waals surface area contributed by atoms with Crippen LogP contribution in [-0.2, 0) is 14.3 Å². The molecular weight excluding hydrogens is 296 g/mol. The van der Waals surface area contributed by atoms with Crippen LogP contribution >= 0.6 is 0 Å². The van der Waals surface area contributed by atoms with Crippen molar-refractivity contribution in [1.29, 1.82) is 0 Å². The predicted octanol–water partition coefficient (Wildman–Crippen LogP) is 1.23. The number of aliphatic carboxylic acids is 1. The maximum atomic E-state index is 12.6. The molecule has 1 aliphatic rings. The van der Waals surface area contributed by atoms with E-state index in [4.69, 9.17) is 4.74 Å². The Balaban J connectivity index is 2.24. The van der Waals surface area contributed by atoms with Gasteiger partial charge in [-0.25, -0.2) is 4.79 Å². The normalized spacial score (nSPS) is 22.4. The SMILES string of the molecule is Cc1cc(C)c([C@@H](C)NC(=O)C2(C(=O)O)CNCCO2)c(C)c1. The molecule has 0 bridgehead atoms. The summed E-state index contributed by atoms with van der Waals surface area (Å²) in [6.07, 6.45) is 0. The molecule has 1 fully saturated rings. The van der Waals surface area contributed by atoms with Crippen molar-refractivity contribution < 1.29 is 19.4 Å². The van der Waals surface area contributed by atoms with Crippen LogP contribution in [0, 0.1) is 20.8 Å². The Bertz CT molecular complexity index is 598. The van der Waals surface area contributed by atoms with Crippen LogP contribution in [0.2, 0.25) is 0 Å². The van der Waals surface area contributed by atoms with E-state index in [0.29, 0.717) is 6.54 Å². The zero-order valence-corrected chi connectivity index (χ0v) is 14.0. The number of carboxylic acid groups (broad SMARTS) is 1. The number of rotatable bonds is 4. The van der Waals surface area contributed by atoms with E-state index >= 15 is 0 Å². The molecule has 126 valence electrons. The number of carboxylic acids is 1. The van der Waals surface area contributed by atoms with Gasteiger partial charge in [0.2, 0.25) is 0 Å². The minimum Gasteiger partial charge on any atom is -0.479 e. The Morgan fingerprint density at radius 1 is 1.30 bits per heavy atom. The average molecular weight is 320 g/mol. The molecule has 0 spiro atoms. The quantitative estimate of drug-likeness (QED) is 0.726. The number of amides is 1. The number of carbonyl (C=O) groups excluding carboxylic acids is 1. The van der Waals surface area contributed by atoms with Gasteiger partial charge in [0.1, 0.15) is 0 Å². The van der Waals surface area contributed by atoms with Gasteiger partial charge in [0.05, 0.1) is 12.6 Å². The molecule has 0 saturated carbocycles. The predicted molar refractivity (Wildman–Crippen MR) is 86.4 cm³/mol. The van der Waals surface area contributed by atoms with Gasteiger partial charge < -0.3 is 20.5 Å². The van der Waals surface area contributed by atoms with Gasteiger partial charge in [-0.3, -0.25) is 4.79 Å². The Kier molecular flexibility index (Phi) is 5.06. The molecular formula is C17H24N2O4. The van der Waals surface area contributed by atoms with Gasteiger partial charge in [0, 0.05) is 13.1 Å². The topological polar surface area (TPSA) is 87.7 Å². The molecule has 1 unspecified atom stereocenters. The first-order chi connectivity index (χ1) is 10.8. The van der Waals surface area contributed by atoms with Crippen molar-refractivity contribution in [2.75, 3.05) is 19.7 Å². The highest BCUT2D eigenvalue weighted by Crippen LogP contribution is 2.24. The first kappa shape index (κ1) is 17.4. The molecule has 0 aliphatic carbocycles. The van der Waals surface area contributed by atoms with Crippen molar-refractivity contribution in [3.8, 4) is 0 Å². The molecule has 0 radical (unpaired) electrons. The summed E-state index contributed by atoms with van der Waals surface area (Å²) in [5.41, 5.74) is 2.45. The maximum absolute atomic E-state index is 12.6. The number of hydrogen-bond acceptors (Lipinski definition) is 4. The third-order valence-corrected chi connectivity index (χ3v) is 4.23. The number of ether oxygens (including phenoxy) is 1. The third-order valence-electron chi connectivity index (χ3n) is 4.23. The van der Waals surface area contributed by atoms with Crippen LogP contribution in [-0.4, -0.2) is 42.3 Å². The van der Waals surface area contributed by atoms with Crippen molar-refractivity contribution in [3.05, 3.63) is 34.4 Å². The molecule has 1 aromatic rings. The Morgan fingerprint density at radius 3 is 2.39 bits per heavy atom. The minimum atomic E-state index is -1.86. The van der Waals surface area contributed by atoms with E-state index in [1.54, 1.807) is 0 Å². The number of carbonyl (C=O) groups is 2. The molecule has 2 rings (SSSR count). The average Bonchev–Trinajstić information content (AvgIpc) is 2.46. The van der Waals surface area contributed by atoms with E-state index in [1.165, 1.54) is 0 Å². The highest BCUT2D eigenvalue weighted by molar-refractivity contribution is 6.06. The fourth-order valence-corrected chi connectivity index (χ4v) is 3.25. The molecule has 2 atom stereocenters. The Morgan fingerprint density at radius 2 is 1.91 bits per heavy atom. The summed E-state index contributed by atoms with van der Waals surface area (Å²) in [6, 6.07) is 3.80. The van der Waals surface area contributed by atoms with Crippen LogP contribution in [0.5, 0.6) is 0 Å². The molecule has 1 saturated heterocycles. The van der Waals surface area contributed by atoms with Crippen LogP contribution < -0.4 is 10.6 Å². The van der Waals surface area contributed by atoms with E-state index in [1.807, 2.05) is 27.7 Å². The van der Waals surface area contributed by atoms with Gasteiger partial charge in [-0.05, 0) is 44.4 Å². The summed E-state index contributed by atoms with van der Waals surface area (Å²) in [5, 5.41) is 15.2. The molecule has 1 heterocycles. The van der Waals surface area contributed by atoms with E-state index in [0.717, 1.165) is 22.3 Å². The number of aryl methyl sites for hydroxylation is 3. The lowest BCUT2D eigenvalue weighted by atomic mass is 9.93. The molecule has 1 amide bonds. The summed E-state index contributed by atoms with van der Waals surface area (Å²) >= 11 is 0. The minimum absolute atomic E-state index is 0.0350. The standard InChI is InChI=1S/C17H24N2O4/c1-10-7-11(2)14(12(3)8-10)13(4)19-15(20)17(16(21)22)9-18-5-6-23-17/h7-8,13,18H,5-6,9H2,1-4H3,(H,19,20)(H,21,22)/t13-,17?/m1/s1. The van der Waals surface area contributed by atoms with Gasteiger partial charge in [-0.15, -0.1) is 0 Å². The summed E-state index contributed by atoms with van der Waals surface area (Å²) in [4.78, 5) is 24.2. The van der Waals surface area contributed by atoms with E-state index in [9.17, 15) is 14.7 Å².